The number of fused-ring (bicyclic) bond motifs is 1. The number of nitrogens with zero attached hydrogens (tertiary/aromatic N) is 2. The van der Waals surface area contributed by atoms with Crippen LogP contribution >= 0.6 is 0 Å². The first-order chi connectivity index (χ1) is 12.1. The van der Waals surface area contributed by atoms with Gasteiger partial charge in [0, 0.05) is 19.0 Å². The van der Waals surface area contributed by atoms with Crippen molar-refractivity contribution in [3.05, 3.63) is 52.0 Å². The second kappa shape index (κ2) is 6.19. The molecule has 25 heavy (non-hydrogen) atoms. The molecule has 1 aromatic carbocycles. The number of H-pyrrole nitrogens is 1. The van der Waals surface area contributed by atoms with E-state index in [1.807, 2.05) is 17.0 Å². The lowest BCUT2D eigenvalue weighted by atomic mass is 10.1. The molecular formula is C17H19N4O4+. The van der Waals surface area contributed by atoms with Crippen molar-refractivity contribution in [1.29, 1.82) is 0 Å². The minimum atomic E-state index is -0.546. The van der Waals surface area contributed by atoms with E-state index in [1.165, 1.54) is 22.0 Å². The van der Waals surface area contributed by atoms with E-state index in [4.69, 9.17) is 0 Å². The number of likely N-dealkylation sites (tertiary alicyclic amines) is 1. The van der Waals surface area contributed by atoms with E-state index in [1.54, 1.807) is 0 Å². The molecule has 8 heteroatoms. The molecule has 4 rings (SSSR count). The number of benzene rings is 1. The summed E-state index contributed by atoms with van der Waals surface area (Å²) in [5, 5.41) is 5.18. The van der Waals surface area contributed by atoms with Crippen molar-refractivity contribution in [2.45, 2.75) is 37.9 Å². The lowest BCUT2D eigenvalue weighted by molar-refractivity contribution is -0.751. The van der Waals surface area contributed by atoms with Crippen LogP contribution in [0.4, 0.5) is 0 Å². The third kappa shape index (κ3) is 3.19. The zero-order valence-electron chi connectivity index (χ0n) is 13.6. The molecule has 2 N–H and O–H groups in total. The quantitative estimate of drug-likeness (QED) is 0.706. The van der Waals surface area contributed by atoms with Gasteiger partial charge < -0.3 is 10.2 Å². The van der Waals surface area contributed by atoms with Gasteiger partial charge in [0.25, 0.3) is 18.6 Å². The molecule has 130 valence electrons. The molecule has 0 radical (unpaired) electrons. The summed E-state index contributed by atoms with van der Waals surface area (Å²) in [4.78, 5) is 37.3. The summed E-state index contributed by atoms with van der Waals surface area (Å²) in [6.07, 6.45) is 3.22. The molecule has 2 aliphatic rings. The van der Waals surface area contributed by atoms with Crippen molar-refractivity contribution in [3.8, 4) is 0 Å². The van der Waals surface area contributed by atoms with Crippen LogP contribution in [0, 0.1) is 0 Å². The van der Waals surface area contributed by atoms with Crippen LogP contribution in [0.25, 0.3) is 0 Å². The van der Waals surface area contributed by atoms with Crippen molar-refractivity contribution >= 4 is 11.8 Å². The molecule has 0 saturated carbocycles. The van der Waals surface area contributed by atoms with Gasteiger partial charge in [-0.15, -0.1) is 0 Å². The first-order valence-electron chi connectivity index (χ1n) is 8.32. The van der Waals surface area contributed by atoms with Crippen LogP contribution in [0.1, 0.15) is 17.5 Å². The van der Waals surface area contributed by atoms with Gasteiger partial charge in [0.1, 0.15) is 0 Å². The molecular weight excluding hydrogens is 324 g/mol. The Morgan fingerprint density at radius 2 is 1.96 bits per heavy atom. The zero-order chi connectivity index (χ0) is 17.4. The first kappa shape index (κ1) is 15.6. The summed E-state index contributed by atoms with van der Waals surface area (Å²) < 4.78 is 5.77. The molecule has 1 aliphatic carbocycles. The largest absolute Gasteiger partial charge is 0.426 e. The Bertz CT molecular complexity index is 846. The minimum absolute atomic E-state index is 0.0503. The van der Waals surface area contributed by atoms with Gasteiger partial charge in [0.2, 0.25) is 5.91 Å². The third-order valence-corrected chi connectivity index (χ3v) is 4.83. The van der Waals surface area contributed by atoms with Crippen LogP contribution in [-0.4, -0.2) is 40.6 Å². The van der Waals surface area contributed by atoms with E-state index in [9.17, 15) is 14.4 Å². The maximum atomic E-state index is 12.4. The third-order valence-electron chi connectivity index (χ3n) is 4.83. The Morgan fingerprint density at radius 1 is 1.24 bits per heavy atom. The average Bonchev–Trinajstić information content (AvgIpc) is 3.25. The summed E-state index contributed by atoms with van der Waals surface area (Å²) in [5.74, 6) is -0.191. The Kier molecular flexibility index (Phi) is 3.87. The van der Waals surface area contributed by atoms with Gasteiger partial charge in [-0.3, -0.25) is 14.1 Å². The fourth-order valence-corrected chi connectivity index (χ4v) is 3.73. The maximum absolute atomic E-state index is 12.4. The average molecular weight is 343 g/mol. The van der Waals surface area contributed by atoms with E-state index < -0.39 is 5.63 Å². The predicted molar refractivity (Wildman–Crippen MR) is 85.4 cm³/mol. The van der Waals surface area contributed by atoms with E-state index in [0.717, 1.165) is 12.8 Å². The predicted octanol–water partition coefficient (Wildman–Crippen LogP) is -0.860. The highest BCUT2D eigenvalue weighted by molar-refractivity contribution is 5.82. The number of carbonyl (C=O) groups excluding carboxylic acids is 2. The molecule has 1 aliphatic heterocycles. The van der Waals surface area contributed by atoms with Crippen molar-refractivity contribution in [2.75, 3.05) is 6.54 Å². The van der Waals surface area contributed by atoms with Crippen LogP contribution in [-0.2, 0) is 29.0 Å². The van der Waals surface area contributed by atoms with Crippen LogP contribution in [0.5, 0.6) is 0 Å². The normalized spacial score (nSPS) is 20.1. The molecule has 1 aromatic heterocycles. The molecule has 1 unspecified atom stereocenters. The Labute approximate surface area is 143 Å². The lowest BCUT2D eigenvalue weighted by Crippen LogP contribution is -2.48. The van der Waals surface area contributed by atoms with Gasteiger partial charge >= 0.3 is 5.63 Å². The molecule has 2 amide bonds. The number of nitrogens with one attached hydrogen (secondary N) is 2. The molecule has 8 nitrogen and oxygen atoms in total. The number of hydrogen-bond donors (Lipinski definition) is 2. The molecule has 1 fully saturated rings. The number of hydrogen-bond acceptors (Lipinski definition) is 4. The van der Waals surface area contributed by atoms with Crippen molar-refractivity contribution in [3.63, 3.8) is 0 Å². The molecule has 2 aromatic rings. The Balaban J connectivity index is 1.35. The minimum Gasteiger partial charge on any atom is -0.345 e. The van der Waals surface area contributed by atoms with Gasteiger partial charge in [-0.25, -0.2) is 4.79 Å². The number of aromatic amines is 1. The van der Waals surface area contributed by atoms with Gasteiger partial charge in [-0.05, 0) is 29.2 Å². The smallest absolute Gasteiger partial charge is 0.345 e. The Morgan fingerprint density at radius 3 is 2.60 bits per heavy atom. The van der Waals surface area contributed by atoms with Gasteiger partial charge in [-0.1, -0.05) is 28.9 Å². The van der Waals surface area contributed by atoms with E-state index in [0.29, 0.717) is 13.0 Å². The van der Waals surface area contributed by atoms with E-state index >= 15 is 0 Å². The summed E-state index contributed by atoms with van der Waals surface area (Å²) in [7, 11) is 0. The number of amides is 2. The molecule has 2 heterocycles. The van der Waals surface area contributed by atoms with Gasteiger partial charge in [0.15, 0.2) is 0 Å². The molecule has 0 bridgehead atoms. The van der Waals surface area contributed by atoms with E-state index in [-0.39, 0.29) is 30.4 Å². The second-order valence-corrected chi connectivity index (χ2v) is 6.61. The molecule has 0 spiro atoms. The first-order valence-corrected chi connectivity index (χ1v) is 8.32. The maximum Gasteiger partial charge on any atom is 0.426 e. The fraction of sp³-hybridized carbons (Fsp3) is 0.412. The van der Waals surface area contributed by atoms with Gasteiger partial charge in [0.05, 0.1) is 6.04 Å². The fourth-order valence-electron chi connectivity index (χ4n) is 3.73. The highest BCUT2D eigenvalue weighted by atomic mass is 16.5. The second-order valence-electron chi connectivity index (χ2n) is 6.61. The van der Waals surface area contributed by atoms with Crippen LogP contribution in [0.15, 0.2) is 39.8 Å². The number of aromatic nitrogens is 2. The van der Waals surface area contributed by atoms with Crippen LogP contribution in [0.3, 0.4) is 0 Å². The SMILES string of the molecule is O=C(C[n+]1cc(=O)o[nH]1)NC1CC(=O)N(C2Cc3ccccc3C2)C1. The molecule has 1 saturated heterocycles. The van der Waals surface area contributed by atoms with Crippen molar-refractivity contribution in [2.24, 2.45) is 0 Å². The topological polar surface area (TPSA) is 99.3 Å². The van der Waals surface area contributed by atoms with Crippen molar-refractivity contribution < 1.29 is 18.8 Å². The monoisotopic (exact) mass is 343 g/mol. The standard InChI is InChI=1S/C17H18N4O4/c22-15(9-20-10-17(24)25-19-20)18-13-7-16(23)21(8-13)14-5-11-3-1-2-4-12(11)6-14/h1-4,10,13-14H,5-9H2,(H-,18,19,22,24)/p+1. The van der Waals surface area contributed by atoms with Crippen LogP contribution < -0.4 is 15.6 Å². The highest BCUT2D eigenvalue weighted by Crippen LogP contribution is 2.28. The number of rotatable bonds is 4. The highest BCUT2D eigenvalue weighted by Gasteiger charge is 2.37. The summed E-state index contributed by atoms with van der Waals surface area (Å²) >= 11 is 0. The van der Waals surface area contributed by atoms with Crippen LogP contribution in [0.2, 0.25) is 0 Å². The Hall–Kier alpha value is -2.90. The van der Waals surface area contributed by atoms with E-state index in [2.05, 4.69) is 27.2 Å². The number of carbonyl (C=O) groups is 2. The summed E-state index contributed by atoms with van der Waals surface area (Å²) in [6, 6.07) is 8.23. The summed E-state index contributed by atoms with van der Waals surface area (Å²) in [6.45, 7) is 0.473. The van der Waals surface area contributed by atoms with Crippen molar-refractivity contribution in [1.82, 2.24) is 15.5 Å². The summed E-state index contributed by atoms with van der Waals surface area (Å²) in [5.41, 5.74) is 2.05. The van der Waals surface area contributed by atoms with Gasteiger partial charge in [-0.2, -0.15) is 0 Å². The lowest BCUT2D eigenvalue weighted by Gasteiger charge is -2.24. The molecule has 1 atom stereocenters. The zero-order valence-corrected chi connectivity index (χ0v) is 13.6.